The largest absolute Gasteiger partial charge is 0.457 e. The maximum atomic E-state index is 12.0. The molecule has 25 heavy (non-hydrogen) atoms. The number of ether oxygens (including phenoxy) is 2. The molecule has 0 amide bonds. The van der Waals surface area contributed by atoms with Gasteiger partial charge in [0.15, 0.2) is 5.75 Å². The molecule has 4 nitrogen and oxygen atoms in total. The molecule has 0 aromatic heterocycles. The maximum Gasteiger partial charge on any atom is 0.311 e. The predicted octanol–water partition coefficient (Wildman–Crippen LogP) is 5.37. The van der Waals surface area contributed by atoms with Gasteiger partial charge in [-0.3, -0.25) is 9.59 Å². The van der Waals surface area contributed by atoms with E-state index in [1.54, 1.807) is 12.1 Å². The van der Waals surface area contributed by atoms with E-state index in [1.807, 2.05) is 37.3 Å². The summed E-state index contributed by atoms with van der Waals surface area (Å²) in [6.45, 7) is 1.93. The summed E-state index contributed by atoms with van der Waals surface area (Å²) in [5.74, 6) is -0.859. The Hall–Kier alpha value is -2.04. The number of hydrogen-bond donors (Lipinski definition) is 0. The van der Waals surface area contributed by atoms with Crippen molar-refractivity contribution in [2.45, 2.75) is 32.3 Å². The van der Waals surface area contributed by atoms with Crippen LogP contribution in [0.3, 0.4) is 0 Å². The van der Waals surface area contributed by atoms with Crippen molar-refractivity contribution in [3.05, 3.63) is 64.1 Å². The van der Waals surface area contributed by atoms with Crippen molar-refractivity contribution in [1.29, 1.82) is 0 Å². The highest BCUT2D eigenvalue weighted by atomic mass is 35.5. The van der Waals surface area contributed by atoms with Gasteiger partial charge >= 0.3 is 11.9 Å². The van der Waals surface area contributed by atoms with Crippen molar-refractivity contribution in [1.82, 2.24) is 0 Å². The molecule has 0 saturated heterocycles. The smallest absolute Gasteiger partial charge is 0.311 e. The standard InChI is InChI=1S/C19H18Cl2O4/c1-2-15(13-7-4-3-5-8-13)24-17(22)11-12-18(23)25-16-10-6-9-14(20)19(16)21/h3-10,15H,2,11-12H2,1H3. The summed E-state index contributed by atoms with van der Waals surface area (Å²) < 4.78 is 10.6. The molecular formula is C19H18Cl2O4. The molecule has 2 rings (SSSR count). The molecule has 0 bridgehead atoms. The van der Waals surface area contributed by atoms with Crippen LogP contribution in [0.25, 0.3) is 0 Å². The van der Waals surface area contributed by atoms with Crippen molar-refractivity contribution in [3.63, 3.8) is 0 Å². The Morgan fingerprint density at radius 1 is 0.960 bits per heavy atom. The van der Waals surface area contributed by atoms with Gasteiger partial charge in [-0.25, -0.2) is 0 Å². The summed E-state index contributed by atoms with van der Waals surface area (Å²) >= 11 is 11.8. The third-order valence-electron chi connectivity index (χ3n) is 3.49. The average molecular weight is 381 g/mol. The fourth-order valence-corrected chi connectivity index (χ4v) is 2.54. The zero-order valence-electron chi connectivity index (χ0n) is 13.7. The van der Waals surface area contributed by atoms with E-state index in [1.165, 1.54) is 6.07 Å². The summed E-state index contributed by atoms with van der Waals surface area (Å²) in [6.07, 6.45) is 0.151. The Morgan fingerprint density at radius 3 is 2.32 bits per heavy atom. The molecule has 0 N–H and O–H groups in total. The molecule has 0 fully saturated rings. The second kappa shape index (κ2) is 9.44. The third kappa shape index (κ3) is 5.76. The van der Waals surface area contributed by atoms with Crippen molar-refractivity contribution in [2.24, 2.45) is 0 Å². The highest BCUT2D eigenvalue weighted by Crippen LogP contribution is 2.31. The van der Waals surface area contributed by atoms with Crippen LogP contribution in [0.2, 0.25) is 10.0 Å². The Labute approximate surface area is 156 Å². The quantitative estimate of drug-likeness (QED) is 0.478. The van der Waals surface area contributed by atoms with Crippen LogP contribution in [0.1, 0.15) is 37.9 Å². The lowest BCUT2D eigenvalue weighted by Gasteiger charge is -2.16. The van der Waals surface area contributed by atoms with E-state index in [4.69, 9.17) is 32.7 Å². The first kappa shape index (κ1) is 19.3. The van der Waals surface area contributed by atoms with E-state index in [0.29, 0.717) is 11.4 Å². The lowest BCUT2D eigenvalue weighted by molar-refractivity contribution is -0.152. The summed E-state index contributed by atoms with van der Waals surface area (Å²) in [6, 6.07) is 14.2. The van der Waals surface area contributed by atoms with Gasteiger partial charge in [-0.2, -0.15) is 0 Å². The van der Waals surface area contributed by atoms with Crippen LogP contribution in [0.5, 0.6) is 5.75 Å². The van der Waals surface area contributed by atoms with Crippen LogP contribution in [-0.2, 0) is 14.3 Å². The minimum atomic E-state index is -0.575. The highest BCUT2D eigenvalue weighted by molar-refractivity contribution is 6.43. The first-order valence-electron chi connectivity index (χ1n) is 7.90. The molecule has 1 atom stereocenters. The minimum Gasteiger partial charge on any atom is -0.457 e. The molecule has 0 aliphatic carbocycles. The molecule has 2 aromatic rings. The Bertz CT molecular complexity index is 731. The number of esters is 2. The van der Waals surface area contributed by atoms with Crippen LogP contribution < -0.4 is 4.74 Å². The van der Waals surface area contributed by atoms with Crippen molar-refractivity contribution in [3.8, 4) is 5.75 Å². The molecule has 132 valence electrons. The Kier molecular flexibility index (Phi) is 7.29. The van der Waals surface area contributed by atoms with Gasteiger partial charge in [0.25, 0.3) is 0 Å². The second-order valence-electron chi connectivity index (χ2n) is 5.32. The normalized spacial score (nSPS) is 11.6. The monoisotopic (exact) mass is 380 g/mol. The number of hydrogen-bond acceptors (Lipinski definition) is 4. The van der Waals surface area contributed by atoms with Gasteiger partial charge in [0, 0.05) is 0 Å². The van der Waals surface area contributed by atoms with Crippen molar-refractivity contribution in [2.75, 3.05) is 0 Å². The minimum absolute atomic E-state index is 0.0691. The molecule has 0 aliphatic rings. The lowest BCUT2D eigenvalue weighted by atomic mass is 10.1. The molecule has 6 heteroatoms. The van der Waals surface area contributed by atoms with E-state index in [0.717, 1.165) is 5.56 Å². The Balaban J connectivity index is 1.84. The summed E-state index contributed by atoms with van der Waals surface area (Å²) in [5.41, 5.74) is 0.923. The van der Waals surface area contributed by atoms with Gasteiger partial charge < -0.3 is 9.47 Å². The lowest BCUT2D eigenvalue weighted by Crippen LogP contribution is -2.15. The second-order valence-corrected chi connectivity index (χ2v) is 6.11. The van der Waals surface area contributed by atoms with Gasteiger partial charge in [-0.15, -0.1) is 0 Å². The fraction of sp³-hybridized carbons (Fsp3) is 0.263. The number of rotatable bonds is 7. The van der Waals surface area contributed by atoms with E-state index in [9.17, 15) is 9.59 Å². The topological polar surface area (TPSA) is 52.6 Å². The zero-order valence-corrected chi connectivity index (χ0v) is 15.2. The summed E-state index contributed by atoms with van der Waals surface area (Å²) in [4.78, 5) is 23.9. The van der Waals surface area contributed by atoms with Gasteiger partial charge in [-0.05, 0) is 24.1 Å². The first-order valence-corrected chi connectivity index (χ1v) is 8.66. The Morgan fingerprint density at radius 2 is 1.64 bits per heavy atom. The molecular weight excluding hydrogens is 363 g/mol. The van der Waals surface area contributed by atoms with Gasteiger partial charge in [0.1, 0.15) is 11.1 Å². The average Bonchev–Trinajstić information content (AvgIpc) is 2.62. The van der Waals surface area contributed by atoms with Crippen LogP contribution in [0.4, 0.5) is 0 Å². The number of carbonyl (C=O) groups excluding carboxylic acids is 2. The summed E-state index contributed by atoms with van der Waals surface area (Å²) in [5, 5.41) is 0.454. The number of halogens is 2. The van der Waals surface area contributed by atoms with E-state index < -0.39 is 11.9 Å². The van der Waals surface area contributed by atoms with Crippen LogP contribution in [0.15, 0.2) is 48.5 Å². The van der Waals surface area contributed by atoms with Crippen LogP contribution in [0, 0.1) is 0 Å². The van der Waals surface area contributed by atoms with Gasteiger partial charge in [-0.1, -0.05) is 66.5 Å². The summed E-state index contributed by atoms with van der Waals surface area (Å²) in [7, 11) is 0. The molecule has 0 aliphatic heterocycles. The molecule has 0 radical (unpaired) electrons. The van der Waals surface area contributed by atoms with E-state index in [-0.39, 0.29) is 29.7 Å². The molecule has 0 heterocycles. The first-order chi connectivity index (χ1) is 12.0. The molecule has 1 unspecified atom stereocenters. The van der Waals surface area contributed by atoms with Crippen LogP contribution >= 0.6 is 23.2 Å². The van der Waals surface area contributed by atoms with Gasteiger partial charge in [0.2, 0.25) is 0 Å². The van der Waals surface area contributed by atoms with Crippen molar-refractivity contribution < 1.29 is 19.1 Å². The molecule has 0 saturated carbocycles. The van der Waals surface area contributed by atoms with Gasteiger partial charge in [0.05, 0.1) is 17.9 Å². The zero-order chi connectivity index (χ0) is 18.2. The highest BCUT2D eigenvalue weighted by Gasteiger charge is 2.17. The predicted molar refractivity (Wildman–Crippen MR) is 96.9 cm³/mol. The van der Waals surface area contributed by atoms with E-state index in [2.05, 4.69) is 0 Å². The van der Waals surface area contributed by atoms with Crippen LogP contribution in [-0.4, -0.2) is 11.9 Å². The van der Waals surface area contributed by atoms with E-state index >= 15 is 0 Å². The number of benzene rings is 2. The molecule has 0 spiro atoms. The SMILES string of the molecule is CCC(OC(=O)CCC(=O)Oc1cccc(Cl)c1Cl)c1ccccc1. The fourth-order valence-electron chi connectivity index (χ4n) is 2.21. The number of carbonyl (C=O) groups is 2. The van der Waals surface area contributed by atoms with Crippen molar-refractivity contribution >= 4 is 35.1 Å². The maximum absolute atomic E-state index is 12.0. The third-order valence-corrected chi connectivity index (χ3v) is 4.29. The molecule has 2 aromatic carbocycles.